The Labute approximate surface area is 153 Å². The van der Waals surface area contributed by atoms with Gasteiger partial charge in [0.25, 0.3) is 0 Å². The smallest absolute Gasteiger partial charge is 0.341 e. The number of fused-ring (bicyclic) bond motifs is 6. The number of hydrogen-bond acceptors (Lipinski definition) is 3. The summed E-state index contributed by atoms with van der Waals surface area (Å²) in [4.78, 5) is 12.7. The Bertz CT molecular complexity index is 1010. The van der Waals surface area contributed by atoms with E-state index in [4.69, 9.17) is 32.7 Å². The molecular weight excluding hydrogens is 359 g/mol. The van der Waals surface area contributed by atoms with E-state index in [1.54, 1.807) is 12.1 Å². The van der Waals surface area contributed by atoms with Gasteiger partial charge in [-0.05, 0) is 18.2 Å². The van der Waals surface area contributed by atoms with E-state index in [0.29, 0.717) is 27.6 Å². The number of rotatable bonds is 0. The molecule has 3 nitrogen and oxygen atoms in total. The Kier molecular flexibility index (Phi) is 2.97. The number of benzene rings is 3. The van der Waals surface area contributed by atoms with Crippen molar-refractivity contribution in [2.45, 2.75) is 5.60 Å². The summed E-state index contributed by atoms with van der Waals surface area (Å²) in [6.45, 7) is 0. The lowest BCUT2D eigenvalue weighted by Gasteiger charge is -2.36. The summed E-state index contributed by atoms with van der Waals surface area (Å²) in [7, 11) is 0. The minimum absolute atomic E-state index is 0.211. The normalized spacial score (nSPS) is 15.8. The second kappa shape index (κ2) is 5.01. The Balaban J connectivity index is 1.93. The molecule has 0 aliphatic carbocycles. The highest BCUT2D eigenvalue weighted by molar-refractivity contribution is 6.44. The molecular formula is C20H10Cl2O3. The fourth-order valence-corrected chi connectivity index (χ4v) is 4.04. The molecule has 0 atom stereocenters. The maximum Gasteiger partial charge on any atom is 0.341 e. The van der Waals surface area contributed by atoms with Crippen LogP contribution < -0.4 is 4.74 Å². The monoisotopic (exact) mass is 368 g/mol. The Morgan fingerprint density at radius 2 is 1.36 bits per heavy atom. The van der Waals surface area contributed by atoms with Crippen molar-refractivity contribution >= 4 is 29.2 Å². The van der Waals surface area contributed by atoms with Gasteiger partial charge in [0.1, 0.15) is 11.5 Å². The van der Waals surface area contributed by atoms with Crippen LogP contribution in [0.1, 0.15) is 27.0 Å². The number of halogens is 2. The van der Waals surface area contributed by atoms with Gasteiger partial charge in [-0.25, -0.2) is 4.79 Å². The number of esters is 1. The largest absolute Gasteiger partial charge is 0.456 e. The third-order valence-electron chi connectivity index (χ3n) is 4.68. The van der Waals surface area contributed by atoms with Crippen LogP contribution in [0.2, 0.25) is 10.0 Å². The second-order valence-electron chi connectivity index (χ2n) is 5.95. The minimum Gasteiger partial charge on any atom is -0.456 e. The van der Waals surface area contributed by atoms with Crippen molar-refractivity contribution in [3.8, 4) is 11.5 Å². The SMILES string of the molecule is O=C1OC2(c3ccccc3Oc3ccccc32)c2ccc(Cl)c(Cl)c21. The molecule has 3 aromatic rings. The average Bonchev–Trinajstić information content (AvgIpc) is 2.92. The summed E-state index contributed by atoms with van der Waals surface area (Å²) in [6.07, 6.45) is 0. The molecule has 122 valence electrons. The van der Waals surface area contributed by atoms with Gasteiger partial charge in [0.05, 0.1) is 15.6 Å². The van der Waals surface area contributed by atoms with Gasteiger partial charge in [-0.15, -0.1) is 0 Å². The number of hydrogen-bond donors (Lipinski definition) is 0. The molecule has 0 unspecified atom stereocenters. The maximum absolute atomic E-state index is 12.7. The molecule has 5 rings (SSSR count). The highest BCUT2D eigenvalue weighted by atomic mass is 35.5. The van der Waals surface area contributed by atoms with Crippen LogP contribution in [0.3, 0.4) is 0 Å². The lowest BCUT2D eigenvalue weighted by molar-refractivity contribution is 0.0224. The third kappa shape index (κ3) is 1.80. The Morgan fingerprint density at radius 1 is 0.760 bits per heavy atom. The predicted octanol–water partition coefficient (Wildman–Crippen LogP) is 5.56. The fourth-order valence-electron chi connectivity index (χ4n) is 3.65. The van der Waals surface area contributed by atoms with Crippen LogP contribution in [0.4, 0.5) is 0 Å². The maximum atomic E-state index is 12.7. The summed E-state index contributed by atoms with van der Waals surface area (Å²) < 4.78 is 12.0. The van der Waals surface area contributed by atoms with Gasteiger partial charge in [-0.2, -0.15) is 0 Å². The molecule has 5 heteroatoms. The minimum atomic E-state index is -1.09. The summed E-state index contributed by atoms with van der Waals surface area (Å²) in [6, 6.07) is 18.5. The van der Waals surface area contributed by atoms with Gasteiger partial charge in [0.2, 0.25) is 0 Å². The predicted molar refractivity (Wildman–Crippen MR) is 94.7 cm³/mol. The van der Waals surface area contributed by atoms with Gasteiger partial charge in [0.15, 0.2) is 5.60 Å². The van der Waals surface area contributed by atoms with Crippen molar-refractivity contribution in [1.29, 1.82) is 0 Å². The molecule has 0 fully saturated rings. The van der Waals surface area contributed by atoms with Crippen LogP contribution >= 0.6 is 23.2 Å². The number of carbonyl (C=O) groups excluding carboxylic acids is 1. The lowest BCUT2D eigenvalue weighted by atomic mass is 9.78. The molecule has 2 aliphatic rings. The van der Waals surface area contributed by atoms with Crippen LogP contribution in [-0.4, -0.2) is 5.97 Å². The Hall–Kier alpha value is -2.49. The first-order chi connectivity index (χ1) is 12.1. The summed E-state index contributed by atoms with van der Waals surface area (Å²) in [5.41, 5.74) is 1.42. The van der Waals surface area contributed by atoms with Crippen LogP contribution in [0.15, 0.2) is 60.7 Å². The lowest BCUT2D eigenvalue weighted by Crippen LogP contribution is -2.32. The molecule has 0 aromatic heterocycles. The first-order valence-electron chi connectivity index (χ1n) is 7.71. The standard InChI is InChI=1S/C20H10Cl2O3/c21-14-10-9-13-17(18(14)22)19(23)25-20(13)11-5-1-3-7-15(11)24-16-8-4-2-6-12(16)20/h1-10H. The molecule has 0 saturated carbocycles. The van der Waals surface area contributed by atoms with Crippen molar-refractivity contribution < 1.29 is 14.3 Å². The summed E-state index contributed by atoms with van der Waals surface area (Å²) in [5.74, 6) is 0.801. The molecule has 0 bridgehead atoms. The first kappa shape index (κ1) is 14.8. The van der Waals surface area contributed by atoms with Gasteiger partial charge in [0, 0.05) is 16.7 Å². The van der Waals surface area contributed by atoms with Crippen molar-refractivity contribution in [2.24, 2.45) is 0 Å². The molecule has 1 spiro atoms. The number of para-hydroxylation sites is 2. The Morgan fingerprint density at radius 3 is 2.00 bits per heavy atom. The molecule has 0 N–H and O–H groups in total. The molecule has 2 aliphatic heterocycles. The third-order valence-corrected chi connectivity index (χ3v) is 5.48. The highest BCUT2D eigenvalue weighted by Gasteiger charge is 2.54. The van der Waals surface area contributed by atoms with E-state index in [1.807, 2.05) is 48.5 Å². The molecule has 0 saturated heterocycles. The second-order valence-corrected chi connectivity index (χ2v) is 6.73. The molecule has 25 heavy (non-hydrogen) atoms. The summed E-state index contributed by atoms with van der Waals surface area (Å²) >= 11 is 12.4. The van der Waals surface area contributed by atoms with Crippen LogP contribution in [-0.2, 0) is 10.3 Å². The fraction of sp³-hybridized carbons (Fsp3) is 0.0500. The van der Waals surface area contributed by atoms with Crippen LogP contribution in [0, 0.1) is 0 Å². The average molecular weight is 369 g/mol. The zero-order valence-electron chi connectivity index (χ0n) is 12.8. The van der Waals surface area contributed by atoms with E-state index in [-0.39, 0.29) is 5.02 Å². The van der Waals surface area contributed by atoms with E-state index in [0.717, 1.165) is 11.1 Å². The first-order valence-corrected chi connectivity index (χ1v) is 8.47. The van der Waals surface area contributed by atoms with E-state index in [1.165, 1.54) is 0 Å². The van der Waals surface area contributed by atoms with E-state index < -0.39 is 11.6 Å². The van der Waals surface area contributed by atoms with Crippen LogP contribution in [0.25, 0.3) is 0 Å². The van der Waals surface area contributed by atoms with Crippen molar-refractivity contribution in [2.75, 3.05) is 0 Å². The van der Waals surface area contributed by atoms with Crippen LogP contribution in [0.5, 0.6) is 11.5 Å². The summed E-state index contributed by atoms with van der Waals surface area (Å²) in [5, 5.41) is 0.533. The topological polar surface area (TPSA) is 35.5 Å². The van der Waals surface area contributed by atoms with Crippen molar-refractivity contribution in [1.82, 2.24) is 0 Å². The van der Waals surface area contributed by atoms with E-state index in [2.05, 4.69) is 0 Å². The van der Waals surface area contributed by atoms with Gasteiger partial charge in [-0.3, -0.25) is 0 Å². The molecule has 0 amide bonds. The van der Waals surface area contributed by atoms with Gasteiger partial charge >= 0.3 is 5.97 Å². The molecule has 2 heterocycles. The van der Waals surface area contributed by atoms with Gasteiger partial charge < -0.3 is 9.47 Å². The van der Waals surface area contributed by atoms with Crippen molar-refractivity contribution in [3.05, 3.63) is 93.0 Å². The highest BCUT2D eigenvalue weighted by Crippen LogP contribution is 2.57. The zero-order valence-corrected chi connectivity index (χ0v) is 14.3. The van der Waals surface area contributed by atoms with Gasteiger partial charge in [-0.1, -0.05) is 65.7 Å². The number of ether oxygens (including phenoxy) is 2. The van der Waals surface area contributed by atoms with E-state index >= 15 is 0 Å². The van der Waals surface area contributed by atoms with Crippen molar-refractivity contribution in [3.63, 3.8) is 0 Å². The number of carbonyl (C=O) groups is 1. The molecule has 3 aromatic carbocycles. The van der Waals surface area contributed by atoms with E-state index in [9.17, 15) is 4.79 Å². The quantitative estimate of drug-likeness (QED) is 0.487. The molecule has 0 radical (unpaired) electrons. The zero-order chi connectivity index (χ0) is 17.2.